The van der Waals surface area contributed by atoms with E-state index in [0.717, 1.165) is 0 Å². The average molecular weight is 347 g/mol. The number of terminal acetylenes is 1. The molecule has 1 rings (SSSR count). The van der Waals surface area contributed by atoms with Crippen LogP contribution in [0.15, 0.2) is 12.1 Å². The molecule has 0 aliphatic heterocycles. The molecule has 0 aliphatic rings. The summed E-state index contributed by atoms with van der Waals surface area (Å²) in [6.07, 6.45) is 5.09. The van der Waals surface area contributed by atoms with Crippen molar-refractivity contribution in [1.29, 1.82) is 0 Å². The van der Waals surface area contributed by atoms with Crippen LogP contribution in [0.1, 0.15) is 10.4 Å². The van der Waals surface area contributed by atoms with Gasteiger partial charge in [-0.3, -0.25) is 0 Å². The summed E-state index contributed by atoms with van der Waals surface area (Å²) in [6, 6.07) is 2.02. The van der Waals surface area contributed by atoms with Gasteiger partial charge in [0.15, 0.2) is 0 Å². The molecule has 1 aromatic carbocycles. The van der Waals surface area contributed by atoms with E-state index in [-0.39, 0.29) is 21.3 Å². The summed E-state index contributed by atoms with van der Waals surface area (Å²) < 4.78 is 0. The molecule has 0 radical (unpaired) electrons. The highest BCUT2D eigenvalue weighted by molar-refractivity contribution is 7.99. The van der Waals surface area contributed by atoms with Crippen molar-refractivity contribution in [2.45, 2.75) is 0 Å². The van der Waals surface area contributed by atoms with Crippen LogP contribution in [-0.4, -0.2) is 35.2 Å². The molecule has 0 spiro atoms. The molecule has 21 heavy (non-hydrogen) atoms. The molecule has 1 aromatic rings. The van der Waals surface area contributed by atoms with Gasteiger partial charge in [0, 0.05) is 17.3 Å². The Balaban J connectivity index is 2.68. The Morgan fingerprint density at radius 1 is 1.38 bits per heavy atom. The highest BCUT2D eigenvalue weighted by Crippen LogP contribution is 2.30. The van der Waals surface area contributed by atoms with Gasteiger partial charge in [0.05, 0.1) is 22.0 Å². The predicted molar refractivity (Wildman–Crippen MR) is 86.6 cm³/mol. The van der Waals surface area contributed by atoms with Gasteiger partial charge in [-0.05, 0) is 12.1 Å². The second-order valence-electron chi connectivity index (χ2n) is 3.75. The minimum Gasteiger partial charge on any atom is -0.478 e. The molecule has 0 unspecified atom stereocenters. The summed E-state index contributed by atoms with van der Waals surface area (Å²) in [5.41, 5.74) is -0.174. The van der Waals surface area contributed by atoms with Crippen molar-refractivity contribution in [3.8, 4) is 12.3 Å². The monoisotopic (exact) mass is 346 g/mol. The number of anilines is 1. The lowest BCUT2D eigenvalue weighted by molar-refractivity contribution is 0.0698. The van der Waals surface area contributed by atoms with Crippen molar-refractivity contribution in [2.24, 2.45) is 0 Å². The zero-order chi connectivity index (χ0) is 15.8. The fraction of sp³-hybridized carbons (Fsp3) is 0.231. The number of amides is 2. The Bertz CT molecular complexity index is 588. The maximum Gasteiger partial charge on any atom is 0.337 e. The quantitative estimate of drug-likeness (QED) is 0.546. The molecule has 5 nitrogen and oxygen atoms in total. The number of carbonyl (C=O) groups excluding carboxylic acids is 1. The SMILES string of the molecule is C#CCSCCNC(=O)Nc1c(Cl)cc(Cl)cc1C(=O)O. The van der Waals surface area contributed by atoms with Crippen molar-refractivity contribution in [2.75, 3.05) is 23.4 Å². The molecule has 0 fully saturated rings. The van der Waals surface area contributed by atoms with Gasteiger partial charge in [-0.1, -0.05) is 29.1 Å². The van der Waals surface area contributed by atoms with Gasteiger partial charge >= 0.3 is 12.0 Å². The minimum atomic E-state index is -1.24. The van der Waals surface area contributed by atoms with E-state index in [2.05, 4.69) is 16.6 Å². The van der Waals surface area contributed by atoms with Crippen molar-refractivity contribution >= 4 is 52.7 Å². The molecule has 8 heteroatoms. The van der Waals surface area contributed by atoms with Crippen LogP contribution in [0.2, 0.25) is 10.0 Å². The number of carboxylic acid groups (broad SMARTS) is 1. The molecule has 3 N–H and O–H groups in total. The number of hydrogen-bond acceptors (Lipinski definition) is 3. The summed E-state index contributed by atoms with van der Waals surface area (Å²) in [7, 11) is 0. The second-order valence-corrected chi connectivity index (χ2v) is 5.70. The molecular weight excluding hydrogens is 335 g/mol. The summed E-state index contributed by atoms with van der Waals surface area (Å²) in [4.78, 5) is 22.8. The van der Waals surface area contributed by atoms with Crippen LogP contribution in [0.25, 0.3) is 0 Å². The van der Waals surface area contributed by atoms with Crippen LogP contribution in [0, 0.1) is 12.3 Å². The predicted octanol–water partition coefficient (Wildman–Crippen LogP) is 3.18. The first-order chi connectivity index (χ1) is 9.95. The number of carbonyl (C=O) groups is 2. The summed E-state index contributed by atoms with van der Waals surface area (Å²) in [5, 5.41) is 14.3. The third kappa shape index (κ3) is 5.76. The van der Waals surface area contributed by atoms with Crippen molar-refractivity contribution in [3.63, 3.8) is 0 Å². The molecule has 0 atom stereocenters. The van der Waals surface area contributed by atoms with Gasteiger partial charge < -0.3 is 15.7 Å². The summed E-state index contributed by atoms with van der Waals surface area (Å²) in [5.74, 6) is 2.45. The van der Waals surface area contributed by atoms with Crippen LogP contribution < -0.4 is 10.6 Å². The Morgan fingerprint density at radius 3 is 2.71 bits per heavy atom. The lowest BCUT2D eigenvalue weighted by Gasteiger charge is -2.12. The number of aromatic carboxylic acids is 1. The summed E-state index contributed by atoms with van der Waals surface area (Å²) in [6.45, 7) is 0.395. The number of benzene rings is 1. The van der Waals surface area contributed by atoms with E-state index >= 15 is 0 Å². The van der Waals surface area contributed by atoms with E-state index in [1.54, 1.807) is 0 Å². The van der Waals surface area contributed by atoms with Crippen molar-refractivity contribution in [3.05, 3.63) is 27.7 Å². The molecule has 2 amide bonds. The smallest absolute Gasteiger partial charge is 0.337 e. The normalized spacial score (nSPS) is 9.76. The molecule has 0 saturated carbocycles. The maximum absolute atomic E-state index is 11.7. The number of hydrogen-bond donors (Lipinski definition) is 3. The van der Waals surface area contributed by atoms with E-state index in [0.29, 0.717) is 18.1 Å². The Morgan fingerprint density at radius 2 is 2.10 bits per heavy atom. The van der Waals surface area contributed by atoms with Gasteiger partial charge in [0.2, 0.25) is 0 Å². The third-order valence-corrected chi connectivity index (χ3v) is 3.62. The van der Waals surface area contributed by atoms with Crippen LogP contribution in [0.4, 0.5) is 10.5 Å². The third-order valence-electron chi connectivity index (χ3n) is 2.24. The molecule has 0 aromatic heterocycles. The Kier molecular flexibility index (Phi) is 7.23. The number of rotatable bonds is 6. The zero-order valence-electron chi connectivity index (χ0n) is 10.8. The number of carboxylic acids is 1. The van der Waals surface area contributed by atoms with Crippen molar-refractivity contribution < 1.29 is 14.7 Å². The van der Waals surface area contributed by atoms with E-state index in [1.165, 1.54) is 23.9 Å². The molecule has 0 saturated heterocycles. The van der Waals surface area contributed by atoms with Crippen LogP contribution in [0.5, 0.6) is 0 Å². The fourth-order valence-corrected chi connectivity index (χ4v) is 2.44. The maximum atomic E-state index is 11.7. The largest absolute Gasteiger partial charge is 0.478 e. The highest BCUT2D eigenvalue weighted by atomic mass is 35.5. The van der Waals surface area contributed by atoms with E-state index < -0.39 is 12.0 Å². The Hall–Kier alpha value is -1.55. The van der Waals surface area contributed by atoms with Gasteiger partial charge in [-0.2, -0.15) is 0 Å². The van der Waals surface area contributed by atoms with E-state index in [1.807, 2.05) is 0 Å². The van der Waals surface area contributed by atoms with Gasteiger partial charge in [-0.15, -0.1) is 18.2 Å². The first-order valence-corrected chi connectivity index (χ1v) is 7.65. The molecular formula is C13H12Cl2N2O3S. The number of urea groups is 1. The van der Waals surface area contributed by atoms with E-state index in [4.69, 9.17) is 34.7 Å². The molecule has 112 valence electrons. The van der Waals surface area contributed by atoms with Crippen molar-refractivity contribution in [1.82, 2.24) is 5.32 Å². The number of halogens is 2. The zero-order valence-corrected chi connectivity index (χ0v) is 13.1. The van der Waals surface area contributed by atoms with E-state index in [9.17, 15) is 9.59 Å². The summed E-state index contributed by atoms with van der Waals surface area (Å²) >= 11 is 13.1. The molecule has 0 bridgehead atoms. The van der Waals surface area contributed by atoms with Gasteiger partial charge in [-0.25, -0.2) is 9.59 Å². The average Bonchev–Trinajstić information content (AvgIpc) is 2.41. The van der Waals surface area contributed by atoms with Crippen LogP contribution in [-0.2, 0) is 0 Å². The second kappa shape index (κ2) is 8.67. The Labute approximate surface area is 136 Å². The lowest BCUT2D eigenvalue weighted by Crippen LogP contribution is -2.31. The number of thioether (sulfide) groups is 1. The van der Waals surface area contributed by atoms with Gasteiger partial charge in [0.25, 0.3) is 0 Å². The first-order valence-electron chi connectivity index (χ1n) is 5.74. The lowest BCUT2D eigenvalue weighted by atomic mass is 10.2. The number of nitrogens with one attached hydrogen (secondary N) is 2. The van der Waals surface area contributed by atoms with Crippen LogP contribution in [0.3, 0.4) is 0 Å². The topological polar surface area (TPSA) is 78.4 Å². The minimum absolute atomic E-state index is 0.00217. The first kappa shape index (κ1) is 17.5. The van der Waals surface area contributed by atoms with Crippen LogP contribution >= 0.6 is 35.0 Å². The molecule has 0 aliphatic carbocycles. The standard InChI is InChI=1S/C13H12Cl2N2O3S/c1-2-4-21-5-3-16-13(20)17-11-9(12(18)19)6-8(14)7-10(11)15/h1,6-7H,3-5H2,(H,18,19)(H2,16,17,20). The fourth-order valence-electron chi connectivity index (χ4n) is 1.39. The van der Waals surface area contributed by atoms with Gasteiger partial charge in [0.1, 0.15) is 0 Å². The molecule has 0 heterocycles. The highest BCUT2D eigenvalue weighted by Gasteiger charge is 2.17.